The van der Waals surface area contributed by atoms with Crippen LogP contribution in [0.25, 0.3) is 10.8 Å². The molecule has 2 aromatic rings. The number of rotatable bonds is 3. The molecule has 0 radical (unpaired) electrons. The van der Waals surface area contributed by atoms with Crippen molar-refractivity contribution in [2.45, 2.75) is 26.7 Å². The summed E-state index contributed by atoms with van der Waals surface area (Å²) in [5.41, 5.74) is 0.921. The van der Waals surface area contributed by atoms with Crippen LogP contribution in [0.3, 0.4) is 0 Å². The lowest BCUT2D eigenvalue weighted by molar-refractivity contribution is -0.137. The molecule has 0 aliphatic carbocycles. The number of piperidine rings is 1. The van der Waals surface area contributed by atoms with Gasteiger partial charge in [0, 0.05) is 37.7 Å². The topological polar surface area (TPSA) is 40.6 Å². The highest BCUT2D eigenvalue weighted by Crippen LogP contribution is 2.26. The number of fused-ring (bicyclic) bond motifs is 1. The van der Waals surface area contributed by atoms with Crippen molar-refractivity contribution >= 4 is 28.3 Å². The zero-order chi connectivity index (χ0) is 18.0. The van der Waals surface area contributed by atoms with Gasteiger partial charge in [0.1, 0.15) is 0 Å². The third-order valence-corrected chi connectivity index (χ3v) is 5.10. The van der Waals surface area contributed by atoms with Crippen molar-refractivity contribution in [1.29, 1.82) is 0 Å². The van der Waals surface area contributed by atoms with Crippen molar-refractivity contribution in [2.75, 3.05) is 25.0 Å². The molecule has 2 amide bonds. The minimum absolute atomic E-state index is 0.00678. The molecule has 3 rings (SSSR count). The lowest BCUT2D eigenvalue weighted by atomic mass is 9.94. The van der Waals surface area contributed by atoms with Gasteiger partial charge in [-0.3, -0.25) is 9.59 Å². The summed E-state index contributed by atoms with van der Waals surface area (Å²) < 4.78 is 0. The van der Waals surface area contributed by atoms with Gasteiger partial charge in [0.25, 0.3) is 0 Å². The summed E-state index contributed by atoms with van der Waals surface area (Å²) >= 11 is 0. The summed E-state index contributed by atoms with van der Waals surface area (Å²) in [6.07, 6.45) is 1.49. The number of hydrogen-bond donors (Lipinski definition) is 0. The molecule has 1 aliphatic rings. The van der Waals surface area contributed by atoms with E-state index in [9.17, 15) is 9.59 Å². The molecular weight excluding hydrogens is 312 g/mol. The van der Waals surface area contributed by atoms with Crippen LogP contribution in [-0.2, 0) is 9.59 Å². The van der Waals surface area contributed by atoms with Gasteiger partial charge in [0.2, 0.25) is 11.8 Å². The van der Waals surface area contributed by atoms with Crippen LogP contribution in [-0.4, -0.2) is 36.9 Å². The van der Waals surface area contributed by atoms with Gasteiger partial charge in [-0.2, -0.15) is 0 Å². The number of likely N-dealkylation sites (tertiary alicyclic amines) is 1. The zero-order valence-corrected chi connectivity index (χ0v) is 15.2. The molecule has 4 heteroatoms. The van der Waals surface area contributed by atoms with E-state index >= 15 is 0 Å². The summed E-state index contributed by atoms with van der Waals surface area (Å²) in [5, 5.41) is 2.31. The highest BCUT2D eigenvalue weighted by Gasteiger charge is 2.30. The molecule has 0 spiro atoms. The molecule has 1 saturated heterocycles. The summed E-state index contributed by atoms with van der Waals surface area (Å²) in [6, 6.07) is 14.3. The minimum Gasteiger partial charge on any atom is -0.342 e. The maximum absolute atomic E-state index is 12.9. The highest BCUT2D eigenvalue weighted by atomic mass is 16.2. The summed E-state index contributed by atoms with van der Waals surface area (Å²) in [7, 11) is 1.85. The van der Waals surface area contributed by atoms with Gasteiger partial charge in [-0.1, -0.05) is 44.2 Å². The minimum atomic E-state index is -0.00678. The second kappa shape index (κ2) is 7.26. The van der Waals surface area contributed by atoms with E-state index in [2.05, 4.69) is 24.3 Å². The number of nitrogens with zero attached hydrogens (tertiary/aromatic N) is 2. The summed E-state index contributed by atoms with van der Waals surface area (Å²) in [5.74, 6) is 0.348. The smallest absolute Gasteiger partial charge is 0.229 e. The Morgan fingerprint density at radius 3 is 2.32 bits per heavy atom. The van der Waals surface area contributed by atoms with Gasteiger partial charge in [-0.15, -0.1) is 0 Å². The Labute approximate surface area is 149 Å². The van der Waals surface area contributed by atoms with Crippen LogP contribution in [0.5, 0.6) is 0 Å². The van der Waals surface area contributed by atoms with Crippen LogP contribution in [0.2, 0.25) is 0 Å². The predicted molar refractivity (Wildman–Crippen MR) is 102 cm³/mol. The molecule has 0 aromatic heterocycles. The first-order chi connectivity index (χ1) is 12.0. The first kappa shape index (κ1) is 17.5. The number of carbonyl (C=O) groups excluding carboxylic acids is 2. The molecule has 0 atom stereocenters. The highest BCUT2D eigenvalue weighted by molar-refractivity contribution is 5.97. The number of hydrogen-bond acceptors (Lipinski definition) is 2. The maximum atomic E-state index is 12.9. The molecule has 1 fully saturated rings. The van der Waals surface area contributed by atoms with Crippen LogP contribution in [0.4, 0.5) is 5.69 Å². The predicted octanol–water partition coefficient (Wildman–Crippen LogP) is 3.70. The van der Waals surface area contributed by atoms with Gasteiger partial charge in [-0.05, 0) is 35.7 Å². The van der Waals surface area contributed by atoms with E-state index in [1.807, 2.05) is 44.0 Å². The van der Waals surface area contributed by atoms with Crippen molar-refractivity contribution in [3.63, 3.8) is 0 Å². The molecule has 132 valence electrons. The van der Waals surface area contributed by atoms with Gasteiger partial charge in [0.05, 0.1) is 0 Å². The normalized spacial score (nSPS) is 15.6. The quantitative estimate of drug-likeness (QED) is 0.856. The van der Waals surface area contributed by atoms with Crippen LogP contribution >= 0.6 is 0 Å². The molecule has 0 unspecified atom stereocenters. The Morgan fingerprint density at radius 2 is 1.68 bits per heavy atom. The fraction of sp³-hybridized carbons (Fsp3) is 0.429. The molecule has 0 N–H and O–H groups in total. The van der Waals surface area contributed by atoms with Gasteiger partial charge < -0.3 is 9.80 Å². The van der Waals surface area contributed by atoms with Crippen LogP contribution in [0, 0.1) is 11.8 Å². The Hall–Kier alpha value is -2.36. The van der Waals surface area contributed by atoms with Crippen molar-refractivity contribution in [1.82, 2.24) is 4.90 Å². The van der Waals surface area contributed by atoms with Crippen molar-refractivity contribution in [3.8, 4) is 0 Å². The van der Waals surface area contributed by atoms with Crippen molar-refractivity contribution in [2.24, 2.45) is 11.8 Å². The number of carbonyl (C=O) groups is 2. The third kappa shape index (κ3) is 3.68. The van der Waals surface area contributed by atoms with E-state index in [-0.39, 0.29) is 23.7 Å². The average Bonchev–Trinajstić information content (AvgIpc) is 2.65. The molecule has 2 aromatic carbocycles. The Balaban J connectivity index is 1.67. The SMILES string of the molecule is CC(C)C(=O)N1CCC(C(=O)N(C)c2ccc3ccccc3c2)CC1. The Kier molecular flexibility index (Phi) is 5.07. The molecule has 0 bridgehead atoms. The van der Waals surface area contributed by atoms with E-state index in [0.717, 1.165) is 23.9 Å². The second-order valence-corrected chi connectivity index (χ2v) is 7.18. The Bertz CT molecular complexity index is 776. The molecule has 1 heterocycles. The average molecular weight is 338 g/mol. The molecule has 1 aliphatic heterocycles. The summed E-state index contributed by atoms with van der Waals surface area (Å²) in [4.78, 5) is 28.6. The number of amides is 2. The lowest BCUT2D eigenvalue weighted by Crippen LogP contribution is -2.44. The van der Waals surface area contributed by atoms with E-state index in [1.54, 1.807) is 4.90 Å². The van der Waals surface area contributed by atoms with Gasteiger partial charge in [0.15, 0.2) is 0 Å². The fourth-order valence-electron chi connectivity index (χ4n) is 3.50. The van der Waals surface area contributed by atoms with E-state index in [4.69, 9.17) is 0 Å². The van der Waals surface area contributed by atoms with Crippen LogP contribution in [0.1, 0.15) is 26.7 Å². The monoisotopic (exact) mass is 338 g/mol. The lowest BCUT2D eigenvalue weighted by Gasteiger charge is -2.34. The van der Waals surface area contributed by atoms with E-state index < -0.39 is 0 Å². The maximum Gasteiger partial charge on any atom is 0.229 e. The van der Waals surface area contributed by atoms with Crippen molar-refractivity contribution in [3.05, 3.63) is 42.5 Å². The number of benzene rings is 2. The van der Waals surface area contributed by atoms with Gasteiger partial charge in [-0.25, -0.2) is 0 Å². The molecule has 25 heavy (non-hydrogen) atoms. The Morgan fingerprint density at radius 1 is 1.04 bits per heavy atom. The van der Waals surface area contributed by atoms with Crippen LogP contribution in [0.15, 0.2) is 42.5 Å². The van der Waals surface area contributed by atoms with Crippen molar-refractivity contribution < 1.29 is 9.59 Å². The second-order valence-electron chi connectivity index (χ2n) is 7.18. The largest absolute Gasteiger partial charge is 0.342 e. The first-order valence-corrected chi connectivity index (χ1v) is 9.02. The van der Waals surface area contributed by atoms with Gasteiger partial charge >= 0.3 is 0 Å². The number of anilines is 1. The first-order valence-electron chi connectivity index (χ1n) is 9.02. The van der Waals surface area contributed by atoms with E-state index in [1.165, 1.54) is 5.39 Å². The molecular formula is C21H26N2O2. The fourth-order valence-corrected chi connectivity index (χ4v) is 3.50. The van der Waals surface area contributed by atoms with Crippen LogP contribution < -0.4 is 4.90 Å². The summed E-state index contributed by atoms with van der Waals surface area (Å²) in [6.45, 7) is 5.21. The molecule has 4 nitrogen and oxygen atoms in total. The van der Waals surface area contributed by atoms with E-state index in [0.29, 0.717) is 13.1 Å². The third-order valence-electron chi connectivity index (χ3n) is 5.10. The molecule has 0 saturated carbocycles. The standard InChI is InChI=1S/C21H26N2O2/c1-15(2)20(24)23-12-10-17(11-13-23)21(25)22(3)19-9-8-16-6-4-5-7-18(16)14-19/h4-9,14-15,17H,10-13H2,1-3H3. The zero-order valence-electron chi connectivity index (χ0n) is 15.2.